The van der Waals surface area contributed by atoms with Gasteiger partial charge in [-0.05, 0) is 49.1 Å². The predicted octanol–water partition coefficient (Wildman–Crippen LogP) is 6.07. The van der Waals surface area contributed by atoms with E-state index < -0.39 is 22.6 Å². The van der Waals surface area contributed by atoms with E-state index in [1.807, 2.05) is 24.3 Å². The molecule has 0 bridgehead atoms. The highest BCUT2D eigenvalue weighted by Gasteiger charge is 2.35. The van der Waals surface area contributed by atoms with Crippen molar-refractivity contribution in [2.24, 2.45) is 5.92 Å². The molecule has 0 spiro atoms. The van der Waals surface area contributed by atoms with E-state index in [0.29, 0.717) is 29.7 Å². The van der Waals surface area contributed by atoms with Crippen molar-refractivity contribution in [3.63, 3.8) is 0 Å². The molecule has 0 atom stereocenters. The van der Waals surface area contributed by atoms with Crippen molar-refractivity contribution in [3.8, 4) is 5.69 Å². The lowest BCUT2D eigenvalue weighted by Gasteiger charge is -2.20. The zero-order valence-electron chi connectivity index (χ0n) is 18.2. The quantitative estimate of drug-likeness (QED) is 0.360. The summed E-state index contributed by atoms with van der Waals surface area (Å²) in [6.45, 7) is 0.428. The first kappa shape index (κ1) is 22.2. The summed E-state index contributed by atoms with van der Waals surface area (Å²) in [7, 11) is 0. The average molecular weight is 465 g/mol. The maximum absolute atomic E-state index is 14.1. The summed E-state index contributed by atoms with van der Waals surface area (Å²) >= 11 is 0. The largest absolute Gasteiger partial charge is 0.417 e. The van der Waals surface area contributed by atoms with Crippen LogP contribution < -0.4 is 10.7 Å². The van der Waals surface area contributed by atoms with Crippen LogP contribution in [0.5, 0.6) is 0 Å². The highest BCUT2D eigenvalue weighted by molar-refractivity contribution is 5.84. The summed E-state index contributed by atoms with van der Waals surface area (Å²) in [6, 6.07) is 20.1. The Hall–Kier alpha value is -3.65. The summed E-state index contributed by atoms with van der Waals surface area (Å²) in [5.41, 5.74) is -0.457. The first-order valence-electron chi connectivity index (χ1n) is 11.0. The number of rotatable bonds is 7. The van der Waals surface area contributed by atoms with Gasteiger partial charge in [-0.25, -0.2) is 4.98 Å². The topological polar surface area (TPSA) is 56.2 Å². The molecule has 0 saturated heterocycles. The van der Waals surface area contributed by atoms with Crippen molar-refractivity contribution in [2.75, 3.05) is 11.9 Å². The van der Waals surface area contributed by atoms with Crippen LogP contribution in [0.3, 0.4) is 0 Å². The Morgan fingerprint density at radius 1 is 1.00 bits per heavy atom. The van der Waals surface area contributed by atoms with Gasteiger partial charge >= 0.3 is 6.18 Å². The van der Waals surface area contributed by atoms with Crippen LogP contribution in [0.4, 0.5) is 24.7 Å². The molecule has 2 aromatic carbocycles. The number of para-hydroxylation sites is 2. The zero-order valence-corrected chi connectivity index (χ0v) is 18.2. The molecule has 1 aliphatic carbocycles. The van der Waals surface area contributed by atoms with E-state index in [4.69, 9.17) is 4.74 Å². The molecule has 2 aromatic heterocycles. The minimum Gasteiger partial charge on any atom is -0.375 e. The molecule has 1 aliphatic rings. The third-order valence-electron chi connectivity index (χ3n) is 5.69. The highest BCUT2D eigenvalue weighted by atomic mass is 19.4. The monoisotopic (exact) mass is 465 g/mol. The van der Waals surface area contributed by atoms with Crippen molar-refractivity contribution < 1.29 is 17.9 Å². The first-order valence-corrected chi connectivity index (χ1v) is 11.0. The van der Waals surface area contributed by atoms with Gasteiger partial charge in [0.05, 0.1) is 23.3 Å². The maximum Gasteiger partial charge on any atom is 0.417 e. The fourth-order valence-corrected chi connectivity index (χ4v) is 3.88. The molecule has 1 fully saturated rings. The van der Waals surface area contributed by atoms with Gasteiger partial charge in [-0.2, -0.15) is 13.2 Å². The lowest BCUT2D eigenvalue weighted by molar-refractivity contribution is -0.136. The van der Waals surface area contributed by atoms with Gasteiger partial charge in [0, 0.05) is 24.0 Å². The maximum atomic E-state index is 14.1. The normalized spacial score (nSPS) is 13.9. The van der Waals surface area contributed by atoms with E-state index in [1.165, 1.54) is 6.07 Å². The standard InChI is InChI=1S/C26H22F3N3O2/c27-26(28,29)21-13-19(16-34-15-17-11-12-17)31-25-24(21)22(33)14-23(30-18-7-3-1-4-8-18)32(25)20-9-5-2-6-10-20/h1-10,13-14,17,30H,11-12,15-16H2. The van der Waals surface area contributed by atoms with E-state index in [1.54, 1.807) is 41.0 Å². The highest BCUT2D eigenvalue weighted by Crippen LogP contribution is 2.36. The number of fused-ring (bicyclic) bond motifs is 1. The van der Waals surface area contributed by atoms with Gasteiger partial charge in [0.2, 0.25) is 0 Å². The smallest absolute Gasteiger partial charge is 0.375 e. The van der Waals surface area contributed by atoms with Crippen molar-refractivity contribution in [3.05, 3.63) is 94.3 Å². The number of nitrogens with one attached hydrogen (secondary N) is 1. The van der Waals surface area contributed by atoms with Crippen molar-refractivity contribution in [1.82, 2.24) is 9.55 Å². The molecule has 0 radical (unpaired) electrons. The van der Waals surface area contributed by atoms with Gasteiger partial charge in [-0.3, -0.25) is 9.36 Å². The van der Waals surface area contributed by atoms with Crippen LogP contribution in [0, 0.1) is 5.92 Å². The average Bonchev–Trinajstić information content (AvgIpc) is 3.64. The molecule has 2 heterocycles. The molecule has 8 heteroatoms. The van der Waals surface area contributed by atoms with Gasteiger partial charge in [0.1, 0.15) is 5.82 Å². The Morgan fingerprint density at radius 3 is 2.32 bits per heavy atom. The van der Waals surface area contributed by atoms with E-state index in [9.17, 15) is 18.0 Å². The minimum atomic E-state index is -4.73. The van der Waals surface area contributed by atoms with Crippen LogP contribution in [0.2, 0.25) is 0 Å². The number of aromatic nitrogens is 2. The van der Waals surface area contributed by atoms with E-state index in [0.717, 1.165) is 18.9 Å². The second-order valence-electron chi connectivity index (χ2n) is 8.37. The number of pyridine rings is 2. The molecule has 34 heavy (non-hydrogen) atoms. The Morgan fingerprint density at radius 2 is 1.68 bits per heavy atom. The second-order valence-corrected chi connectivity index (χ2v) is 8.37. The van der Waals surface area contributed by atoms with Crippen molar-refractivity contribution in [1.29, 1.82) is 0 Å². The van der Waals surface area contributed by atoms with Crippen LogP contribution in [-0.4, -0.2) is 16.2 Å². The Labute approximate surface area is 193 Å². The second kappa shape index (κ2) is 8.95. The van der Waals surface area contributed by atoms with E-state index in [-0.39, 0.29) is 17.9 Å². The van der Waals surface area contributed by atoms with Crippen LogP contribution in [-0.2, 0) is 17.5 Å². The van der Waals surface area contributed by atoms with Gasteiger partial charge in [0.15, 0.2) is 11.1 Å². The molecule has 174 valence electrons. The number of alkyl halides is 3. The minimum absolute atomic E-state index is 0.0607. The third-order valence-corrected chi connectivity index (χ3v) is 5.69. The molecule has 5 nitrogen and oxygen atoms in total. The Kier molecular flexibility index (Phi) is 5.83. The molecule has 0 amide bonds. The fraction of sp³-hybridized carbons (Fsp3) is 0.231. The van der Waals surface area contributed by atoms with Gasteiger partial charge in [0.25, 0.3) is 0 Å². The molecular weight excluding hydrogens is 443 g/mol. The summed E-state index contributed by atoms with van der Waals surface area (Å²) in [6.07, 6.45) is -2.59. The third kappa shape index (κ3) is 4.68. The molecule has 4 aromatic rings. The number of hydrogen-bond acceptors (Lipinski definition) is 4. The molecule has 1 saturated carbocycles. The number of nitrogens with zero attached hydrogens (tertiary/aromatic N) is 2. The Balaban J connectivity index is 1.74. The summed E-state index contributed by atoms with van der Waals surface area (Å²) < 4.78 is 49.4. The lowest BCUT2D eigenvalue weighted by atomic mass is 10.1. The summed E-state index contributed by atoms with van der Waals surface area (Å²) in [5.74, 6) is 0.776. The van der Waals surface area contributed by atoms with Crippen LogP contribution in [0.1, 0.15) is 24.1 Å². The van der Waals surface area contributed by atoms with E-state index >= 15 is 0 Å². The summed E-state index contributed by atoms with van der Waals surface area (Å²) in [5, 5.41) is 2.69. The first-order chi connectivity index (χ1) is 16.4. The number of hydrogen-bond donors (Lipinski definition) is 1. The number of benzene rings is 2. The lowest BCUT2D eigenvalue weighted by Crippen LogP contribution is -2.19. The van der Waals surface area contributed by atoms with Gasteiger partial charge in [-0.15, -0.1) is 0 Å². The van der Waals surface area contributed by atoms with Crippen molar-refractivity contribution >= 4 is 22.5 Å². The SMILES string of the molecule is O=c1cc(Nc2ccccc2)n(-c2ccccc2)c2nc(COCC3CC3)cc(C(F)(F)F)c12. The van der Waals surface area contributed by atoms with Crippen molar-refractivity contribution in [2.45, 2.75) is 25.6 Å². The fourth-order valence-electron chi connectivity index (χ4n) is 3.88. The number of anilines is 2. The molecular formula is C26H22F3N3O2. The molecule has 0 aliphatic heterocycles. The molecule has 0 unspecified atom stereocenters. The molecule has 5 rings (SSSR count). The Bertz CT molecular complexity index is 1370. The van der Waals surface area contributed by atoms with Crippen LogP contribution >= 0.6 is 0 Å². The predicted molar refractivity (Wildman–Crippen MR) is 124 cm³/mol. The van der Waals surface area contributed by atoms with Gasteiger partial charge < -0.3 is 10.1 Å². The number of ether oxygens (including phenoxy) is 1. The van der Waals surface area contributed by atoms with Crippen LogP contribution in [0.15, 0.2) is 77.6 Å². The number of halogens is 3. The summed E-state index contributed by atoms with van der Waals surface area (Å²) in [4.78, 5) is 17.5. The van der Waals surface area contributed by atoms with E-state index in [2.05, 4.69) is 10.3 Å². The zero-order chi connectivity index (χ0) is 23.7. The molecule has 1 N–H and O–H groups in total. The van der Waals surface area contributed by atoms with Crippen LogP contribution in [0.25, 0.3) is 16.7 Å². The van der Waals surface area contributed by atoms with Gasteiger partial charge in [-0.1, -0.05) is 36.4 Å².